The molecule has 1 amide bonds. The van der Waals surface area contributed by atoms with Gasteiger partial charge in [0.05, 0.1) is 23.6 Å². The Hall–Kier alpha value is -2.35. The predicted octanol–water partition coefficient (Wildman–Crippen LogP) is 0.884. The maximum absolute atomic E-state index is 11.6. The second-order valence-electron chi connectivity index (χ2n) is 2.95. The zero-order valence-corrected chi connectivity index (χ0v) is 9.14. The summed E-state index contributed by atoms with van der Waals surface area (Å²) in [7, 11) is 0. The van der Waals surface area contributed by atoms with E-state index in [9.17, 15) is 9.59 Å². The van der Waals surface area contributed by atoms with Crippen molar-refractivity contribution in [1.29, 1.82) is 0 Å². The first-order valence-corrected chi connectivity index (χ1v) is 5.18. The number of nitrogens with one attached hydrogen (secondary N) is 1. The number of nitrogens with zero attached hydrogens (tertiary/aromatic N) is 3. The van der Waals surface area contributed by atoms with Gasteiger partial charge in [0, 0.05) is 6.20 Å². The molecule has 0 unspecified atom stereocenters. The first kappa shape index (κ1) is 11.1. The number of aromatic nitrogens is 3. The van der Waals surface area contributed by atoms with Crippen molar-refractivity contribution in [3.63, 3.8) is 0 Å². The topological polar surface area (TPSA) is 105 Å². The number of hydrogen-bond donors (Lipinski definition) is 2. The molecule has 2 aromatic rings. The van der Waals surface area contributed by atoms with E-state index in [1.807, 2.05) is 0 Å². The summed E-state index contributed by atoms with van der Waals surface area (Å²) < 4.78 is 7.42. The molecule has 0 saturated carbocycles. The van der Waals surface area contributed by atoms with Crippen molar-refractivity contribution in [3.8, 4) is 0 Å². The van der Waals surface area contributed by atoms with E-state index in [0.29, 0.717) is 0 Å². The van der Waals surface area contributed by atoms with E-state index in [1.165, 1.54) is 24.5 Å². The van der Waals surface area contributed by atoms with Gasteiger partial charge in [-0.3, -0.25) is 4.79 Å². The molecule has 2 heterocycles. The van der Waals surface area contributed by atoms with Gasteiger partial charge in [-0.05, 0) is 12.1 Å². The lowest BCUT2D eigenvalue weighted by Gasteiger charge is -2.05. The molecule has 2 N–H and O–H groups in total. The number of rotatable bonds is 3. The molecule has 86 valence electrons. The quantitative estimate of drug-likeness (QED) is 0.837. The van der Waals surface area contributed by atoms with Gasteiger partial charge in [0.25, 0.3) is 5.91 Å². The van der Waals surface area contributed by atoms with Crippen LogP contribution >= 0.6 is 11.7 Å². The van der Waals surface area contributed by atoms with Gasteiger partial charge in [0.2, 0.25) is 0 Å². The number of carboxylic acid groups (broad SMARTS) is 1. The molecule has 7 nitrogen and oxygen atoms in total. The lowest BCUT2D eigenvalue weighted by atomic mass is 10.3. The van der Waals surface area contributed by atoms with Gasteiger partial charge in [-0.25, -0.2) is 9.78 Å². The zero-order valence-electron chi connectivity index (χ0n) is 8.32. The van der Waals surface area contributed by atoms with E-state index in [2.05, 4.69) is 19.0 Å². The summed E-state index contributed by atoms with van der Waals surface area (Å²) in [5.74, 6) is -1.73. The summed E-state index contributed by atoms with van der Waals surface area (Å²) in [4.78, 5) is 26.1. The van der Waals surface area contributed by atoms with Gasteiger partial charge in [-0.2, -0.15) is 8.75 Å². The molecule has 2 rings (SSSR count). The van der Waals surface area contributed by atoms with Crippen LogP contribution in [0, 0.1) is 0 Å². The molecule has 0 spiro atoms. The van der Waals surface area contributed by atoms with Crippen LogP contribution in [0.15, 0.2) is 24.5 Å². The Labute approximate surface area is 99.5 Å². The van der Waals surface area contributed by atoms with E-state index < -0.39 is 11.9 Å². The third-order valence-corrected chi connectivity index (χ3v) is 2.33. The fourth-order valence-corrected chi connectivity index (χ4v) is 1.54. The molecule has 0 saturated heterocycles. The number of pyridine rings is 1. The fourth-order valence-electron chi connectivity index (χ4n) is 1.13. The Morgan fingerprint density at radius 1 is 1.41 bits per heavy atom. The van der Waals surface area contributed by atoms with Crippen LogP contribution in [0.2, 0.25) is 0 Å². The highest BCUT2D eigenvalue weighted by atomic mass is 32.1. The molecule has 2 aromatic heterocycles. The van der Waals surface area contributed by atoms with Gasteiger partial charge in [-0.15, -0.1) is 0 Å². The highest BCUT2D eigenvalue weighted by Crippen LogP contribution is 2.13. The van der Waals surface area contributed by atoms with Crippen molar-refractivity contribution in [3.05, 3.63) is 35.9 Å². The van der Waals surface area contributed by atoms with E-state index in [1.54, 1.807) is 0 Å². The van der Waals surface area contributed by atoms with Crippen molar-refractivity contribution in [2.45, 2.75) is 0 Å². The van der Waals surface area contributed by atoms with E-state index >= 15 is 0 Å². The normalized spacial score (nSPS) is 9.88. The van der Waals surface area contributed by atoms with Crippen LogP contribution in [0.4, 0.5) is 5.69 Å². The minimum Gasteiger partial charge on any atom is -0.476 e. The predicted molar refractivity (Wildman–Crippen MR) is 59.1 cm³/mol. The molecular formula is C9H6N4O3S. The van der Waals surface area contributed by atoms with Crippen LogP contribution in [0.25, 0.3) is 0 Å². The summed E-state index contributed by atoms with van der Waals surface area (Å²) in [6.45, 7) is 0. The average molecular weight is 250 g/mol. The van der Waals surface area contributed by atoms with Crippen LogP contribution in [-0.2, 0) is 0 Å². The van der Waals surface area contributed by atoms with E-state index in [-0.39, 0.29) is 17.1 Å². The smallest absolute Gasteiger partial charge is 0.356 e. The van der Waals surface area contributed by atoms with Crippen LogP contribution in [0.1, 0.15) is 21.0 Å². The number of carboxylic acids is 1. The third kappa shape index (κ3) is 2.42. The molecule has 8 heteroatoms. The first-order chi connectivity index (χ1) is 8.18. The van der Waals surface area contributed by atoms with Crippen molar-refractivity contribution in [1.82, 2.24) is 13.7 Å². The molecule has 0 aromatic carbocycles. The van der Waals surface area contributed by atoms with Crippen molar-refractivity contribution in [2.24, 2.45) is 0 Å². The molecule has 0 fully saturated rings. The van der Waals surface area contributed by atoms with Crippen LogP contribution in [0.3, 0.4) is 0 Å². The number of carbonyl (C=O) groups excluding carboxylic acids is 1. The highest BCUT2D eigenvalue weighted by molar-refractivity contribution is 6.99. The number of anilines is 1. The fraction of sp³-hybridized carbons (Fsp3) is 0. The van der Waals surface area contributed by atoms with Crippen LogP contribution in [-0.4, -0.2) is 30.7 Å². The Morgan fingerprint density at radius 2 is 2.24 bits per heavy atom. The summed E-state index contributed by atoms with van der Waals surface area (Å²) in [5, 5.41) is 11.3. The minimum absolute atomic E-state index is 0.123. The molecule has 0 aliphatic carbocycles. The summed E-state index contributed by atoms with van der Waals surface area (Å²) in [6.07, 6.45) is 2.64. The van der Waals surface area contributed by atoms with Gasteiger partial charge in [-0.1, -0.05) is 0 Å². The lowest BCUT2D eigenvalue weighted by Crippen LogP contribution is -2.15. The van der Waals surface area contributed by atoms with Gasteiger partial charge in [0.15, 0.2) is 11.4 Å². The third-order valence-electron chi connectivity index (χ3n) is 1.85. The molecule has 0 aliphatic rings. The maximum atomic E-state index is 11.6. The zero-order chi connectivity index (χ0) is 12.3. The van der Waals surface area contributed by atoms with Crippen molar-refractivity contribution in [2.75, 3.05) is 5.32 Å². The molecule has 0 aliphatic heterocycles. The summed E-state index contributed by atoms with van der Waals surface area (Å²) in [6, 6.07) is 2.98. The van der Waals surface area contributed by atoms with Gasteiger partial charge in [0.1, 0.15) is 0 Å². The number of amides is 1. The maximum Gasteiger partial charge on any atom is 0.356 e. The average Bonchev–Trinajstić information content (AvgIpc) is 2.83. The second-order valence-corrected chi connectivity index (χ2v) is 3.51. The van der Waals surface area contributed by atoms with Crippen molar-refractivity contribution >= 4 is 29.3 Å². The van der Waals surface area contributed by atoms with Crippen LogP contribution in [0.5, 0.6) is 0 Å². The largest absolute Gasteiger partial charge is 0.476 e. The Kier molecular flexibility index (Phi) is 3.06. The molecule has 0 bridgehead atoms. The monoisotopic (exact) mass is 250 g/mol. The van der Waals surface area contributed by atoms with E-state index in [4.69, 9.17) is 5.11 Å². The van der Waals surface area contributed by atoms with E-state index in [0.717, 1.165) is 11.7 Å². The van der Waals surface area contributed by atoms with Crippen LogP contribution < -0.4 is 5.32 Å². The minimum atomic E-state index is -1.21. The molecular weight excluding hydrogens is 244 g/mol. The summed E-state index contributed by atoms with van der Waals surface area (Å²) >= 11 is 0.896. The molecule has 0 atom stereocenters. The highest BCUT2D eigenvalue weighted by Gasteiger charge is 2.15. The number of carbonyl (C=O) groups is 2. The number of hydrogen-bond acceptors (Lipinski definition) is 6. The molecule has 17 heavy (non-hydrogen) atoms. The van der Waals surface area contributed by atoms with Gasteiger partial charge >= 0.3 is 5.97 Å². The Balaban J connectivity index is 2.25. The second kappa shape index (κ2) is 4.66. The Morgan fingerprint density at radius 3 is 2.88 bits per heavy atom. The van der Waals surface area contributed by atoms with Crippen molar-refractivity contribution < 1.29 is 14.7 Å². The summed E-state index contributed by atoms with van der Waals surface area (Å²) in [5.41, 5.74) is 0.0391. The Bertz CT molecular complexity index is 555. The SMILES string of the molecule is O=C(Nc1cccnc1C(=O)O)c1cnsn1. The molecule has 0 radical (unpaired) electrons. The lowest BCUT2D eigenvalue weighted by molar-refractivity contribution is 0.0692. The standard InChI is InChI=1S/C9H6N4O3S/c14-8(6-4-11-17-13-6)12-5-2-1-3-10-7(5)9(15)16/h1-4H,(H,12,14)(H,15,16). The van der Waals surface area contributed by atoms with Gasteiger partial charge < -0.3 is 10.4 Å². The first-order valence-electron chi connectivity index (χ1n) is 4.45. The number of aromatic carboxylic acids is 1.